The van der Waals surface area contributed by atoms with Crippen molar-refractivity contribution in [2.75, 3.05) is 12.5 Å². The van der Waals surface area contributed by atoms with Crippen molar-refractivity contribution in [3.05, 3.63) is 77.2 Å². The van der Waals surface area contributed by atoms with Crippen molar-refractivity contribution in [2.24, 2.45) is 0 Å². The summed E-state index contributed by atoms with van der Waals surface area (Å²) in [6.07, 6.45) is 1.62. The van der Waals surface area contributed by atoms with Crippen LogP contribution in [0, 0.1) is 0 Å². The second-order valence-electron chi connectivity index (χ2n) is 6.76. The van der Waals surface area contributed by atoms with Gasteiger partial charge in [-0.15, -0.1) is 10.2 Å². The quantitative estimate of drug-likeness (QED) is 0.289. The maximum atomic E-state index is 12.8. The number of aromatic nitrogens is 3. The molecule has 0 fully saturated rings. The molecular weight excluding hydrogens is 438 g/mol. The predicted molar refractivity (Wildman–Crippen MR) is 116 cm³/mol. The standard InChI is InChI=1S/C22H16ClN3O4S/c23-16-6-3-14(4-7-16)21-24-25-22(26(21)11-17-2-1-9-28-17)31-12-18(27)15-5-8-19-20(10-15)30-13-29-19/h1-10H,11-13H2. The van der Waals surface area contributed by atoms with E-state index in [-0.39, 0.29) is 18.3 Å². The lowest BCUT2D eigenvalue weighted by Crippen LogP contribution is -2.06. The van der Waals surface area contributed by atoms with Crippen LogP contribution >= 0.6 is 23.4 Å². The maximum Gasteiger partial charge on any atom is 0.231 e. The van der Waals surface area contributed by atoms with Crippen LogP contribution in [-0.4, -0.2) is 33.1 Å². The van der Waals surface area contributed by atoms with Crippen molar-refractivity contribution in [2.45, 2.75) is 11.7 Å². The number of thioether (sulfide) groups is 1. The fourth-order valence-corrected chi connectivity index (χ4v) is 4.15. The number of ketones is 1. The number of carbonyl (C=O) groups excluding carboxylic acids is 1. The first-order valence-corrected chi connectivity index (χ1v) is 10.8. The number of carbonyl (C=O) groups is 1. The third-order valence-electron chi connectivity index (χ3n) is 4.74. The first-order valence-electron chi connectivity index (χ1n) is 9.44. The van der Waals surface area contributed by atoms with Crippen LogP contribution in [-0.2, 0) is 6.54 Å². The molecule has 0 atom stereocenters. The van der Waals surface area contributed by atoms with Gasteiger partial charge in [-0.05, 0) is 54.6 Å². The summed E-state index contributed by atoms with van der Waals surface area (Å²) in [5.41, 5.74) is 1.43. The third kappa shape index (κ3) is 4.17. The van der Waals surface area contributed by atoms with Crippen LogP contribution in [0.4, 0.5) is 0 Å². The summed E-state index contributed by atoms with van der Waals surface area (Å²) in [7, 11) is 0. The van der Waals surface area contributed by atoms with Gasteiger partial charge in [0.2, 0.25) is 6.79 Å². The zero-order valence-electron chi connectivity index (χ0n) is 16.2. The average Bonchev–Trinajstić information content (AvgIpc) is 3.54. The van der Waals surface area contributed by atoms with Crippen LogP contribution in [0.25, 0.3) is 11.4 Å². The Morgan fingerprint density at radius 1 is 1.06 bits per heavy atom. The molecule has 0 saturated carbocycles. The van der Waals surface area contributed by atoms with Gasteiger partial charge in [-0.2, -0.15) is 0 Å². The first kappa shape index (κ1) is 19.7. The first-order chi connectivity index (χ1) is 15.2. The summed E-state index contributed by atoms with van der Waals surface area (Å²) in [4.78, 5) is 12.8. The second kappa shape index (κ2) is 8.49. The largest absolute Gasteiger partial charge is 0.467 e. The molecule has 156 valence electrons. The molecule has 9 heteroatoms. The van der Waals surface area contributed by atoms with Crippen LogP contribution in [0.15, 0.2) is 70.4 Å². The minimum absolute atomic E-state index is 0.0381. The molecule has 4 aromatic rings. The lowest BCUT2D eigenvalue weighted by atomic mass is 10.1. The van der Waals surface area contributed by atoms with E-state index in [1.165, 1.54) is 11.8 Å². The van der Waals surface area contributed by atoms with E-state index >= 15 is 0 Å². The lowest BCUT2D eigenvalue weighted by molar-refractivity contribution is 0.102. The number of halogens is 1. The van der Waals surface area contributed by atoms with Gasteiger partial charge in [0.25, 0.3) is 0 Å². The number of fused-ring (bicyclic) bond motifs is 1. The van der Waals surface area contributed by atoms with Gasteiger partial charge in [-0.1, -0.05) is 23.4 Å². The number of ether oxygens (including phenoxy) is 2. The van der Waals surface area contributed by atoms with E-state index in [4.69, 9.17) is 25.5 Å². The number of rotatable bonds is 7. The SMILES string of the molecule is O=C(CSc1nnc(-c2ccc(Cl)cc2)n1Cc1ccco1)c1ccc2c(c1)OCO2. The van der Waals surface area contributed by atoms with Crippen LogP contribution in [0.2, 0.25) is 5.02 Å². The fourth-order valence-electron chi connectivity index (χ4n) is 3.19. The number of benzene rings is 2. The molecule has 0 spiro atoms. The predicted octanol–water partition coefficient (Wildman–Crippen LogP) is 4.94. The van der Waals surface area contributed by atoms with E-state index in [1.807, 2.05) is 28.8 Å². The monoisotopic (exact) mass is 453 g/mol. The lowest BCUT2D eigenvalue weighted by Gasteiger charge is -2.09. The van der Waals surface area contributed by atoms with Crippen LogP contribution in [0.1, 0.15) is 16.1 Å². The van der Waals surface area contributed by atoms with Crippen LogP contribution < -0.4 is 9.47 Å². The summed E-state index contributed by atoms with van der Waals surface area (Å²) in [5, 5.41) is 9.94. The van der Waals surface area contributed by atoms with Gasteiger partial charge >= 0.3 is 0 Å². The summed E-state index contributed by atoms with van der Waals surface area (Å²) >= 11 is 7.34. The molecule has 1 aliphatic heterocycles. The minimum atomic E-state index is -0.0381. The Morgan fingerprint density at radius 2 is 1.90 bits per heavy atom. The molecule has 1 aliphatic rings. The van der Waals surface area contributed by atoms with Crippen molar-refractivity contribution < 1.29 is 18.7 Å². The summed E-state index contributed by atoms with van der Waals surface area (Å²) in [5.74, 6) is 2.84. The highest BCUT2D eigenvalue weighted by Gasteiger charge is 2.19. The number of hydrogen-bond donors (Lipinski definition) is 0. The van der Waals surface area contributed by atoms with E-state index in [9.17, 15) is 4.79 Å². The molecule has 7 nitrogen and oxygen atoms in total. The molecule has 0 bridgehead atoms. The van der Waals surface area contributed by atoms with Crippen molar-refractivity contribution >= 4 is 29.1 Å². The Morgan fingerprint density at radius 3 is 2.71 bits per heavy atom. The number of nitrogens with zero attached hydrogens (tertiary/aromatic N) is 3. The Balaban J connectivity index is 1.39. The molecule has 31 heavy (non-hydrogen) atoms. The van der Waals surface area contributed by atoms with Gasteiger partial charge in [0.05, 0.1) is 18.6 Å². The van der Waals surface area contributed by atoms with E-state index in [1.54, 1.807) is 36.6 Å². The summed E-state index contributed by atoms with van der Waals surface area (Å²) in [6.45, 7) is 0.615. The maximum absolute atomic E-state index is 12.8. The van der Waals surface area contributed by atoms with E-state index in [2.05, 4.69) is 10.2 Å². The van der Waals surface area contributed by atoms with Gasteiger partial charge in [0.1, 0.15) is 5.76 Å². The molecule has 0 amide bonds. The van der Waals surface area contributed by atoms with E-state index in [0.29, 0.717) is 39.6 Å². The molecule has 0 saturated heterocycles. The van der Waals surface area contributed by atoms with Crippen LogP contribution in [0.3, 0.4) is 0 Å². The van der Waals surface area contributed by atoms with Crippen molar-refractivity contribution in [1.29, 1.82) is 0 Å². The molecule has 0 unspecified atom stereocenters. The topological polar surface area (TPSA) is 79.4 Å². The highest BCUT2D eigenvalue weighted by Crippen LogP contribution is 2.33. The highest BCUT2D eigenvalue weighted by atomic mass is 35.5. The number of furan rings is 1. The smallest absolute Gasteiger partial charge is 0.231 e. The Kier molecular flexibility index (Phi) is 5.40. The van der Waals surface area contributed by atoms with Crippen LogP contribution in [0.5, 0.6) is 11.5 Å². The highest BCUT2D eigenvalue weighted by molar-refractivity contribution is 7.99. The minimum Gasteiger partial charge on any atom is -0.467 e. The Hall–Kier alpha value is -3.23. The summed E-state index contributed by atoms with van der Waals surface area (Å²) in [6, 6.07) is 16.3. The molecule has 2 aromatic carbocycles. The average molecular weight is 454 g/mol. The molecule has 0 radical (unpaired) electrons. The van der Waals surface area contributed by atoms with Gasteiger partial charge in [-0.3, -0.25) is 9.36 Å². The van der Waals surface area contributed by atoms with Gasteiger partial charge < -0.3 is 13.9 Å². The molecular formula is C22H16ClN3O4S. The van der Waals surface area contributed by atoms with Crippen molar-refractivity contribution in [1.82, 2.24) is 14.8 Å². The van der Waals surface area contributed by atoms with Crippen molar-refractivity contribution in [3.63, 3.8) is 0 Å². The molecule has 3 heterocycles. The van der Waals surface area contributed by atoms with Gasteiger partial charge in [0, 0.05) is 16.1 Å². The number of hydrogen-bond acceptors (Lipinski definition) is 7. The van der Waals surface area contributed by atoms with Gasteiger partial charge in [0.15, 0.2) is 28.3 Å². The molecule has 0 N–H and O–H groups in total. The normalized spacial score (nSPS) is 12.3. The Labute approximate surface area is 186 Å². The zero-order valence-corrected chi connectivity index (χ0v) is 17.7. The molecule has 2 aromatic heterocycles. The fraction of sp³-hybridized carbons (Fsp3) is 0.136. The van der Waals surface area contributed by atoms with E-state index in [0.717, 1.165) is 11.3 Å². The second-order valence-corrected chi connectivity index (χ2v) is 8.14. The Bertz CT molecular complexity index is 1220. The third-order valence-corrected chi connectivity index (χ3v) is 5.96. The molecule has 0 aliphatic carbocycles. The molecule has 5 rings (SSSR count). The van der Waals surface area contributed by atoms with Gasteiger partial charge in [-0.25, -0.2) is 0 Å². The number of Topliss-reactive ketones (excluding diaryl/α,β-unsaturated/α-hetero) is 1. The summed E-state index contributed by atoms with van der Waals surface area (Å²) < 4.78 is 18.1. The zero-order chi connectivity index (χ0) is 21.2. The van der Waals surface area contributed by atoms with E-state index < -0.39 is 0 Å². The van der Waals surface area contributed by atoms with Crippen molar-refractivity contribution in [3.8, 4) is 22.9 Å².